The maximum Gasteiger partial charge on any atom is 0.235 e. The second kappa shape index (κ2) is 6.09. The Morgan fingerprint density at radius 1 is 1.47 bits per heavy atom. The van der Waals surface area contributed by atoms with Gasteiger partial charge in [-0.3, -0.25) is 4.72 Å². The molecule has 0 aromatic heterocycles. The molecule has 2 N–H and O–H groups in total. The van der Waals surface area contributed by atoms with E-state index in [2.05, 4.69) is 4.72 Å². The molecule has 0 amide bonds. The predicted octanol–water partition coefficient (Wildman–Crippen LogP) is 1.82. The first-order valence-corrected chi connectivity index (χ1v) is 7.04. The minimum Gasteiger partial charge on any atom is -0.506 e. The van der Waals surface area contributed by atoms with Crippen molar-refractivity contribution in [1.29, 1.82) is 0 Å². The monoisotopic (exact) mass is 279 g/mol. The number of halogens is 1. The van der Waals surface area contributed by atoms with Crippen LogP contribution < -0.4 is 4.72 Å². The molecule has 0 radical (unpaired) electrons. The zero-order valence-electron chi connectivity index (χ0n) is 9.31. The number of ether oxygens (including phenoxy) is 1. The summed E-state index contributed by atoms with van der Waals surface area (Å²) in [4.78, 5) is 0. The fraction of sp³-hybridized carbons (Fsp3) is 0.400. The van der Waals surface area contributed by atoms with Gasteiger partial charge in [0.05, 0.1) is 23.1 Å². The fourth-order valence-electron chi connectivity index (χ4n) is 1.11. The molecule has 0 fully saturated rings. The number of sulfonamides is 1. The van der Waals surface area contributed by atoms with Crippen LogP contribution in [0.5, 0.6) is 5.75 Å². The molecule has 96 valence electrons. The second-order valence-corrected chi connectivity index (χ2v) is 5.53. The number of phenolic OH excluding ortho intramolecular Hbond substituents is 1. The number of phenols is 1. The van der Waals surface area contributed by atoms with Gasteiger partial charge < -0.3 is 9.84 Å². The average Bonchev–Trinajstić information content (AvgIpc) is 2.23. The van der Waals surface area contributed by atoms with E-state index < -0.39 is 10.0 Å². The van der Waals surface area contributed by atoms with Gasteiger partial charge in [0, 0.05) is 6.61 Å². The topological polar surface area (TPSA) is 75.6 Å². The largest absolute Gasteiger partial charge is 0.506 e. The maximum atomic E-state index is 11.6. The molecule has 0 saturated carbocycles. The molecule has 0 aliphatic carbocycles. The van der Waals surface area contributed by atoms with Crippen LogP contribution in [0.3, 0.4) is 0 Å². The third kappa shape index (κ3) is 4.80. The Morgan fingerprint density at radius 3 is 2.76 bits per heavy atom. The quantitative estimate of drug-likeness (QED) is 0.615. The van der Waals surface area contributed by atoms with Crippen LogP contribution in [0.1, 0.15) is 6.92 Å². The van der Waals surface area contributed by atoms with Crippen molar-refractivity contribution in [2.24, 2.45) is 0 Å². The number of anilines is 1. The molecular formula is C10H14ClNO4S. The molecule has 7 heteroatoms. The lowest BCUT2D eigenvalue weighted by Crippen LogP contribution is -2.20. The zero-order valence-corrected chi connectivity index (χ0v) is 10.9. The van der Waals surface area contributed by atoms with Gasteiger partial charge in [0.15, 0.2) is 0 Å². The zero-order chi connectivity index (χ0) is 12.9. The van der Waals surface area contributed by atoms with Crippen molar-refractivity contribution in [3.63, 3.8) is 0 Å². The van der Waals surface area contributed by atoms with E-state index in [4.69, 9.17) is 16.3 Å². The van der Waals surface area contributed by atoms with Crippen LogP contribution in [0.4, 0.5) is 5.69 Å². The molecule has 0 aliphatic heterocycles. The Morgan fingerprint density at radius 2 is 2.18 bits per heavy atom. The summed E-state index contributed by atoms with van der Waals surface area (Å²) < 4.78 is 30.5. The van der Waals surface area contributed by atoms with E-state index >= 15 is 0 Å². The molecule has 0 aliphatic rings. The summed E-state index contributed by atoms with van der Waals surface area (Å²) in [5, 5.41) is 9.28. The average molecular weight is 280 g/mol. The lowest BCUT2D eigenvalue weighted by atomic mass is 10.3. The van der Waals surface area contributed by atoms with Crippen LogP contribution in [-0.4, -0.2) is 32.5 Å². The van der Waals surface area contributed by atoms with Gasteiger partial charge in [-0.1, -0.05) is 11.6 Å². The Balaban J connectivity index is 2.66. The van der Waals surface area contributed by atoms with Gasteiger partial charge in [-0.2, -0.15) is 0 Å². The molecule has 1 aromatic carbocycles. The Labute approximate surface area is 105 Å². The minimum absolute atomic E-state index is 0.0926. The number of aromatic hydroxyl groups is 1. The summed E-state index contributed by atoms with van der Waals surface area (Å²) >= 11 is 5.66. The van der Waals surface area contributed by atoms with E-state index in [1.165, 1.54) is 18.2 Å². The van der Waals surface area contributed by atoms with E-state index in [1.807, 2.05) is 0 Å². The van der Waals surface area contributed by atoms with Crippen molar-refractivity contribution >= 4 is 27.3 Å². The highest BCUT2D eigenvalue weighted by molar-refractivity contribution is 7.92. The van der Waals surface area contributed by atoms with Crippen LogP contribution in [-0.2, 0) is 14.8 Å². The first kappa shape index (κ1) is 14.1. The fourth-order valence-corrected chi connectivity index (χ4v) is 2.22. The van der Waals surface area contributed by atoms with Gasteiger partial charge >= 0.3 is 0 Å². The molecule has 0 heterocycles. The van der Waals surface area contributed by atoms with Gasteiger partial charge in [0.1, 0.15) is 5.75 Å². The lowest BCUT2D eigenvalue weighted by molar-refractivity contribution is 0.163. The third-order valence-electron chi connectivity index (χ3n) is 1.92. The van der Waals surface area contributed by atoms with E-state index in [1.54, 1.807) is 6.92 Å². The van der Waals surface area contributed by atoms with Crippen LogP contribution in [0.25, 0.3) is 0 Å². The summed E-state index contributed by atoms with van der Waals surface area (Å²) in [6.07, 6.45) is 0. The SMILES string of the molecule is CCOCCS(=O)(=O)Nc1ccc(O)c(Cl)c1. The van der Waals surface area contributed by atoms with Crippen molar-refractivity contribution in [2.75, 3.05) is 23.7 Å². The first-order valence-electron chi connectivity index (χ1n) is 5.01. The summed E-state index contributed by atoms with van der Waals surface area (Å²) in [6.45, 7) is 2.40. The Hall–Kier alpha value is -0.980. The summed E-state index contributed by atoms with van der Waals surface area (Å²) in [5.41, 5.74) is 0.310. The van der Waals surface area contributed by atoms with Gasteiger partial charge in [-0.25, -0.2) is 8.42 Å². The minimum atomic E-state index is -3.45. The molecule has 0 spiro atoms. The number of rotatable bonds is 6. The molecule has 1 rings (SSSR count). The molecule has 0 saturated heterocycles. The van der Waals surface area contributed by atoms with Crippen LogP contribution >= 0.6 is 11.6 Å². The van der Waals surface area contributed by atoms with Gasteiger partial charge in [-0.05, 0) is 25.1 Å². The number of hydrogen-bond donors (Lipinski definition) is 2. The molecule has 0 unspecified atom stereocenters. The standard InChI is InChI=1S/C10H14ClNO4S/c1-2-16-5-6-17(14,15)12-8-3-4-10(13)9(11)7-8/h3-4,7,12-13H,2,5-6H2,1H3. The van der Waals surface area contributed by atoms with E-state index in [0.717, 1.165) is 0 Å². The maximum absolute atomic E-state index is 11.6. The lowest BCUT2D eigenvalue weighted by Gasteiger charge is -2.08. The molecule has 5 nitrogen and oxygen atoms in total. The van der Waals surface area contributed by atoms with Gasteiger partial charge in [0.2, 0.25) is 10.0 Å². The Kier molecular flexibility index (Phi) is 5.04. The second-order valence-electron chi connectivity index (χ2n) is 3.28. The van der Waals surface area contributed by atoms with Crippen molar-refractivity contribution in [2.45, 2.75) is 6.92 Å². The van der Waals surface area contributed by atoms with Crippen molar-refractivity contribution in [3.8, 4) is 5.75 Å². The van der Waals surface area contributed by atoms with Crippen LogP contribution in [0.2, 0.25) is 5.02 Å². The first-order chi connectivity index (χ1) is 7.94. The predicted molar refractivity (Wildman–Crippen MR) is 67.0 cm³/mol. The summed E-state index contributed by atoms with van der Waals surface area (Å²) in [5.74, 6) is -0.219. The molecule has 0 atom stereocenters. The number of nitrogens with one attached hydrogen (secondary N) is 1. The highest BCUT2D eigenvalue weighted by Crippen LogP contribution is 2.26. The Bertz CT molecular complexity index is 475. The summed E-state index contributed by atoms with van der Waals surface area (Å²) in [6, 6.07) is 4.09. The van der Waals surface area contributed by atoms with Crippen LogP contribution in [0.15, 0.2) is 18.2 Å². The normalized spacial score (nSPS) is 11.4. The highest BCUT2D eigenvalue weighted by atomic mass is 35.5. The van der Waals surface area contributed by atoms with Crippen molar-refractivity contribution in [1.82, 2.24) is 0 Å². The van der Waals surface area contributed by atoms with E-state index in [9.17, 15) is 13.5 Å². The smallest absolute Gasteiger partial charge is 0.235 e. The molecule has 17 heavy (non-hydrogen) atoms. The third-order valence-corrected chi connectivity index (χ3v) is 3.48. The summed E-state index contributed by atoms with van der Waals surface area (Å²) in [7, 11) is -3.45. The molecule has 1 aromatic rings. The van der Waals surface area contributed by atoms with Gasteiger partial charge in [0.25, 0.3) is 0 Å². The van der Waals surface area contributed by atoms with Crippen molar-refractivity contribution in [3.05, 3.63) is 23.2 Å². The van der Waals surface area contributed by atoms with Crippen molar-refractivity contribution < 1.29 is 18.3 Å². The van der Waals surface area contributed by atoms with Crippen LogP contribution in [0, 0.1) is 0 Å². The molecular weight excluding hydrogens is 266 g/mol. The number of benzene rings is 1. The molecule has 0 bridgehead atoms. The highest BCUT2D eigenvalue weighted by Gasteiger charge is 2.11. The number of hydrogen-bond acceptors (Lipinski definition) is 4. The van der Waals surface area contributed by atoms with Gasteiger partial charge in [-0.15, -0.1) is 0 Å². The van der Waals surface area contributed by atoms with E-state index in [0.29, 0.717) is 12.3 Å². The van der Waals surface area contributed by atoms with E-state index in [-0.39, 0.29) is 23.1 Å².